The summed E-state index contributed by atoms with van der Waals surface area (Å²) in [6.07, 6.45) is 14.0. The Labute approximate surface area is 93.1 Å². The molecule has 0 aromatic carbocycles. The highest BCUT2D eigenvalue weighted by Crippen LogP contribution is 2.10. The standard InChI is InChI=1S/C14H20O/c1-5-7-8-10-13(3)14(6-2)11-9-12-15-4/h5-11H,3,12H2,1-2,4H3/b7-5-,10-8-,11-9-,14-6+. The van der Waals surface area contributed by atoms with E-state index in [1.165, 1.54) is 0 Å². The quantitative estimate of drug-likeness (QED) is 0.597. The lowest BCUT2D eigenvalue weighted by Crippen LogP contribution is -1.84. The Balaban J connectivity index is 4.36. The van der Waals surface area contributed by atoms with Crippen LogP contribution in [0.1, 0.15) is 13.8 Å². The third-order valence-electron chi connectivity index (χ3n) is 1.84. The van der Waals surface area contributed by atoms with Gasteiger partial charge in [0.15, 0.2) is 0 Å². The maximum atomic E-state index is 4.94. The van der Waals surface area contributed by atoms with Gasteiger partial charge in [-0.3, -0.25) is 0 Å². The van der Waals surface area contributed by atoms with E-state index in [-0.39, 0.29) is 0 Å². The number of allylic oxidation sites excluding steroid dienone is 8. The molecule has 0 aromatic heterocycles. The fraction of sp³-hybridized carbons (Fsp3) is 0.286. The number of hydrogen-bond donors (Lipinski definition) is 0. The molecule has 0 heterocycles. The summed E-state index contributed by atoms with van der Waals surface area (Å²) in [5.74, 6) is 0. The number of rotatable bonds is 6. The normalized spacial score (nSPS) is 13.4. The molecule has 0 rings (SSSR count). The van der Waals surface area contributed by atoms with E-state index in [0.29, 0.717) is 6.61 Å². The van der Waals surface area contributed by atoms with Crippen LogP contribution in [0.25, 0.3) is 0 Å². The van der Waals surface area contributed by atoms with E-state index in [1.807, 2.05) is 56.4 Å². The average molecular weight is 204 g/mol. The zero-order valence-corrected chi connectivity index (χ0v) is 9.86. The Morgan fingerprint density at radius 2 is 1.93 bits per heavy atom. The molecule has 0 unspecified atom stereocenters. The smallest absolute Gasteiger partial charge is 0.0646 e. The second-order valence-corrected chi connectivity index (χ2v) is 3.01. The van der Waals surface area contributed by atoms with E-state index in [1.54, 1.807) is 7.11 Å². The molecule has 0 saturated carbocycles. The molecule has 0 bridgehead atoms. The molecule has 0 atom stereocenters. The van der Waals surface area contributed by atoms with Crippen molar-refractivity contribution in [3.05, 3.63) is 60.3 Å². The van der Waals surface area contributed by atoms with Gasteiger partial charge in [0, 0.05) is 7.11 Å². The zero-order valence-electron chi connectivity index (χ0n) is 9.86. The average Bonchev–Trinajstić information content (AvgIpc) is 2.24. The minimum Gasteiger partial charge on any atom is -0.381 e. The summed E-state index contributed by atoms with van der Waals surface area (Å²) < 4.78 is 4.94. The number of methoxy groups -OCH3 is 1. The van der Waals surface area contributed by atoms with Gasteiger partial charge in [-0.25, -0.2) is 0 Å². The molecule has 0 radical (unpaired) electrons. The molecule has 82 valence electrons. The highest BCUT2D eigenvalue weighted by Gasteiger charge is 1.92. The van der Waals surface area contributed by atoms with E-state index in [0.717, 1.165) is 11.1 Å². The monoisotopic (exact) mass is 204 g/mol. The van der Waals surface area contributed by atoms with Crippen LogP contribution in [-0.2, 0) is 4.74 Å². The third kappa shape index (κ3) is 6.69. The van der Waals surface area contributed by atoms with E-state index in [2.05, 4.69) is 6.58 Å². The number of ether oxygens (including phenoxy) is 1. The Bertz CT molecular complexity index is 290. The molecule has 15 heavy (non-hydrogen) atoms. The molecule has 0 aliphatic rings. The molecule has 0 spiro atoms. The predicted molar refractivity (Wildman–Crippen MR) is 67.9 cm³/mol. The lowest BCUT2D eigenvalue weighted by Gasteiger charge is -1.99. The molecular formula is C14H20O. The summed E-state index contributed by atoms with van der Waals surface area (Å²) in [7, 11) is 1.68. The van der Waals surface area contributed by atoms with Crippen LogP contribution in [0.15, 0.2) is 60.3 Å². The molecule has 0 aliphatic heterocycles. The molecule has 0 aliphatic carbocycles. The highest BCUT2D eigenvalue weighted by molar-refractivity contribution is 5.44. The van der Waals surface area contributed by atoms with Gasteiger partial charge in [0.2, 0.25) is 0 Å². The second kappa shape index (κ2) is 9.22. The van der Waals surface area contributed by atoms with Crippen molar-refractivity contribution in [3.63, 3.8) is 0 Å². The summed E-state index contributed by atoms with van der Waals surface area (Å²) in [5.41, 5.74) is 2.12. The SMILES string of the molecule is C=C(/C=C\C=C/C)C(/C=C\COC)=C/C. The fourth-order valence-electron chi connectivity index (χ4n) is 1.04. The van der Waals surface area contributed by atoms with Gasteiger partial charge in [0.25, 0.3) is 0 Å². The van der Waals surface area contributed by atoms with E-state index >= 15 is 0 Å². The van der Waals surface area contributed by atoms with Crippen molar-refractivity contribution < 1.29 is 4.74 Å². The van der Waals surface area contributed by atoms with Gasteiger partial charge in [0.1, 0.15) is 0 Å². The lowest BCUT2D eigenvalue weighted by molar-refractivity contribution is 0.234. The Morgan fingerprint density at radius 3 is 2.47 bits per heavy atom. The summed E-state index contributed by atoms with van der Waals surface area (Å²) in [5, 5.41) is 0. The number of hydrogen-bond acceptors (Lipinski definition) is 1. The van der Waals surface area contributed by atoms with Crippen molar-refractivity contribution in [2.75, 3.05) is 13.7 Å². The molecule has 0 saturated heterocycles. The largest absolute Gasteiger partial charge is 0.381 e. The van der Waals surface area contributed by atoms with Crippen LogP contribution in [0.3, 0.4) is 0 Å². The van der Waals surface area contributed by atoms with Crippen LogP contribution < -0.4 is 0 Å². The third-order valence-corrected chi connectivity index (χ3v) is 1.84. The van der Waals surface area contributed by atoms with Crippen LogP contribution in [0, 0.1) is 0 Å². The first kappa shape index (κ1) is 13.7. The molecule has 0 N–H and O–H groups in total. The van der Waals surface area contributed by atoms with Crippen molar-refractivity contribution in [1.29, 1.82) is 0 Å². The van der Waals surface area contributed by atoms with Crippen molar-refractivity contribution in [3.8, 4) is 0 Å². The first-order chi connectivity index (χ1) is 7.26. The molecule has 0 fully saturated rings. The summed E-state index contributed by atoms with van der Waals surface area (Å²) in [6.45, 7) is 8.61. The first-order valence-electron chi connectivity index (χ1n) is 5.06. The van der Waals surface area contributed by atoms with Gasteiger partial charge in [-0.05, 0) is 25.0 Å². The Kier molecular flexibility index (Phi) is 8.40. The molecule has 1 nitrogen and oxygen atoms in total. The maximum absolute atomic E-state index is 4.94. The van der Waals surface area contributed by atoms with Crippen molar-refractivity contribution in [2.24, 2.45) is 0 Å². The topological polar surface area (TPSA) is 9.23 Å². The Hall–Kier alpha value is -1.34. The van der Waals surface area contributed by atoms with Gasteiger partial charge >= 0.3 is 0 Å². The van der Waals surface area contributed by atoms with Crippen LogP contribution >= 0.6 is 0 Å². The summed E-state index contributed by atoms with van der Waals surface area (Å²) in [6, 6.07) is 0. The van der Waals surface area contributed by atoms with Crippen LogP contribution in [0.4, 0.5) is 0 Å². The minimum atomic E-state index is 0.628. The molecule has 0 aromatic rings. The van der Waals surface area contributed by atoms with Gasteiger partial charge in [0.05, 0.1) is 6.61 Å². The molecular weight excluding hydrogens is 184 g/mol. The van der Waals surface area contributed by atoms with Crippen LogP contribution in [-0.4, -0.2) is 13.7 Å². The van der Waals surface area contributed by atoms with Crippen LogP contribution in [0.2, 0.25) is 0 Å². The van der Waals surface area contributed by atoms with E-state index < -0.39 is 0 Å². The van der Waals surface area contributed by atoms with Crippen LogP contribution in [0.5, 0.6) is 0 Å². The van der Waals surface area contributed by atoms with Gasteiger partial charge in [-0.15, -0.1) is 0 Å². The zero-order chi connectivity index (χ0) is 11.5. The molecule has 1 heteroatoms. The lowest BCUT2D eigenvalue weighted by atomic mass is 10.1. The molecule has 0 amide bonds. The second-order valence-electron chi connectivity index (χ2n) is 3.01. The van der Waals surface area contributed by atoms with E-state index in [9.17, 15) is 0 Å². The first-order valence-corrected chi connectivity index (χ1v) is 5.06. The van der Waals surface area contributed by atoms with Crippen molar-refractivity contribution in [2.45, 2.75) is 13.8 Å². The summed E-state index contributed by atoms with van der Waals surface area (Å²) >= 11 is 0. The Morgan fingerprint density at radius 1 is 1.20 bits per heavy atom. The van der Waals surface area contributed by atoms with E-state index in [4.69, 9.17) is 4.74 Å². The van der Waals surface area contributed by atoms with Crippen molar-refractivity contribution >= 4 is 0 Å². The fourth-order valence-corrected chi connectivity index (χ4v) is 1.04. The van der Waals surface area contributed by atoms with Gasteiger partial charge in [-0.2, -0.15) is 0 Å². The van der Waals surface area contributed by atoms with Gasteiger partial charge in [-0.1, -0.05) is 49.1 Å². The van der Waals surface area contributed by atoms with Gasteiger partial charge < -0.3 is 4.74 Å². The minimum absolute atomic E-state index is 0.628. The van der Waals surface area contributed by atoms with Crippen molar-refractivity contribution in [1.82, 2.24) is 0 Å². The highest BCUT2D eigenvalue weighted by atomic mass is 16.5. The predicted octanol–water partition coefficient (Wildman–Crippen LogP) is 3.82. The maximum Gasteiger partial charge on any atom is 0.0646 e. The summed E-state index contributed by atoms with van der Waals surface area (Å²) in [4.78, 5) is 0.